The molecule has 0 radical (unpaired) electrons. The number of hydrogen-bond donors (Lipinski definition) is 1. The van der Waals surface area contributed by atoms with Crippen molar-refractivity contribution in [3.05, 3.63) is 58.2 Å². The van der Waals surface area contributed by atoms with Crippen LogP contribution in [-0.4, -0.2) is 47.3 Å². The van der Waals surface area contributed by atoms with E-state index in [4.69, 9.17) is 9.26 Å². The van der Waals surface area contributed by atoms with Crippen molar-refractivity contribution >= 4 is 34.2 Å². The molecule has 5 rings (SSSR count). The van der Waals surface area contributed by atoms with E-state index in [0.29, 0.717) is 47.8 Å². The lowest BCUT2D eigenvalue weighted by atomic mass is 10.1. The SMILES string of the molecule is Cc1ccc(-c2cc(C(=O)NCc3ccnc(N4CCOCC4)c3)c3c(C)noc3n2)s1. The molecule has 5 heterocycles. The second-order valence-electron chi connectivity index (χ2n) is 7.72. The van der Waals surface area contributed by atoms with Gasteiger partial charge in [0.1, 0.15) is 5.82 Å². The highest BCUT2D eigenvalue weighted by Crippen LogP contribution is 2.31. The first-order valence-electron chi connectivity index (χ1n) is 10.5. The lowest BCUT2D eigenvalue weighted by Gasteiger charge is -2.28. The molecule has 0 saturated carbocycles. The van der Waals surface area contributed by atoms with Crippen LogP contribution in [0.25, 0.3) is 21.7 Å². The van der Waals surface area contributed by atoms with Gasteiger partial charge in [0.2, 0.25) is 0 Å². The fourth-order valence-corrected chi connectivity index (χ4v) is 4.61. The number of rotatable bonds is 5. The van der Waals surface area contributed by atoms with E-state index in [1.165, 1.54) is 4.88 Å². The van der Waals surface area contributed by atoms with Crippen molar-refractivity contribution in [2.24, 2.45) is 0 Å². The van der Waals surface area contributed by atoms with Gasteiger partial charge in [-0.15, -0.1) is 11.3 Å². The first kappa shape index (κ1) is 20.6. The largest absolute Gasteiger partial charge is 0.378 e. The molecule has 0 unspecified atom stereocenters. The van der Waals surface area contributed by atoms with E-state index in [-0.39, 0.29) is 5.91 Å². The van der Waals surface area contributed by atoms with Gasteiger partial charge >= 0.3 is 0 Å². The van der Waals surface area contributed by atoms with Crippen LogP contribution in [0.15, 0.2) is 41.1 Å². The number of anilines is 1. The molecule has 1 amide bonds. The van der Waals surface area contributed by atoms with Gasteiger partial charge in [-0.2, -0.15) is 0 Å². The first-order valence-corrected chi connectivity index (χ1v) is 11.3. The van der Waals surface area contributed by atoms with E-state index in [1.807, 2.05) is 44.2 Å². The Morgan fingerprint density at radius 2 is 2.03 bits per heavy atom. The molecule has 0 spiro atoms. The van der Waals surface area contributed by atoms with E-state index in [1.54, 1.807) is 17.5 Å². The number of ether oxygens (including phenoxy) is 1. The molecular formula is C23H23N5O3S. The quantitative estimate of drug-likeness (QED) is 0.496. The highest BCUT2D eigenvalue weighted by Gasteiger charge is 2.20. The fraction of sp³-hybridized carbons (Fsp3) is 0.304. The summed E-state index contributed by atoms with van der Waals surface area (Å²) in [5, 5.41) is 7.70. The van der Waals surface area contributed by atoms with Crippen molar-refractivity contribution in [1.29, 1.82) is 0 Å². The van der Waals surface area contributed by atoms with Crippen LogP contribution < -0.4 is 10.2 Å². The van der Waals surface area contributed by atoms with E-state index in [9.17, 15) is 4.79 Å². The van der Waals surface area contributed by atoms with Gasteiger partial charge in [0.25, 0.3) is 11.6 Å². The number of carbonyl (C=O) groups excluding carboxylic acids is 1. The summed E-state index contributed by atoms with van der Waals surface area (Å²) in [5.41, 5.74) is 3.21. The number of thiophene rings is 1. The lowest BCUT2D eigenvalue weighted by molar-refractivity contribution is 0.0952. The molecule has 8 nitrogen and oxygen atoms in total. The molecule has 1 aliphatic rings. The highest BCUT2D eigenvalue weighted by molar-refractivity contribution is 7.15. The van der Waals surface area contributed by atoms with Gasteiger partial charge in [-0.3, -0.25) is 4.79 Å². The molecule has 4 aromatic rings. The monoisotopic (exact) mass is 449 g/mol. The van der Waals surface area contributed by atoms with Gasteiger partial charge < -0.3 is 19.5 Å². The second kappa shape index (κ2) is 8.68. The Morgan fingerprint density at radius 3 is 2.81 bits per heavy atom. The highest BCUT2D eigenvalue weighted by atomic mass is 32.1. The zero-order valence-electron chi connectivity index (χ0n) is 17.9. The number of fused-ring (bicyclic) bond motifs is 1. The van der Waals surface area contributed by atoms with Crippen molar-refractivity contribution < 1.29 is 14.1 Å². The van der Waals surface area contributed by atoms with Crippen LogP contribution in [0.2, 0.25) is 0 Å². The van der Waals surface area contributed by atoms with Gasteiger partial charge in [0, 0.05) is 30.7 Å². The molecule has 1 aliphatic heterocycles. The summed E-state index contributed by atoms with van der Waals surface area (Å²) in [6.45, 7) is 7.27. The van der Waals surface area contributed by atoms with Crippen molar-refractivity contribution in [1.82, 2.24) is 20.4 Å². The molecule has 1 N–H and O–H groups in total. The van der Waals surface area contributed by atoms with E-state index in [2.05, 4.69) is 25.3 Å². The predicted molar refractivity (Wildman–Crippen MR) is 123 cm³/mol. The van der Waals surface area contributed by atoms with Gasteiger partial charge in [0.05, 0.1) is 40.4 Å². The summed E-state index contributed by atoms with van der Waals surface area (Å²) < 4.78 is 10.8. The number of amides is 1. The molecular weight excluding hydrogens is 426 g/mol. The number of carbonyl (C=O) groups is 1. The Kier molecular flexibility index (Phi) is 5.59. The van der Waals surface area contributed by atoms with E-state index >= 15 is 0 Å². The fourth-order valence-electron chi connectivity index (χ4n) is 3.79. The maximum absolute atomic E-state index is 13.2. The average molecular weight is 450 g/mol. The molecule has 4 aromatic heterocycles. The molecule has 9 heteroatoms. The van der Waals surface area contributed by atoms with Crippen LogP contribution in [0.4, 0.5) is 5.82 Å². The zero-order chi connectivity index (χ0) is 22.1. The summed E-state index contributed by atoms with van der Waals surface area (Å²) in [6.07, 6.45) is 1.78. The van der Waals surface area contributed by atoms with E-state index in [0.717, 1.165) is 29.3 Å². The van der Waals surface area contributed by atoms with Gasteiger partial charge in [0.15, 0.2) is 0 Å². The average Bonchev–Trinajstić information content (AvgIpc) is 3.43. The topological polar surface area (TPSA) is 93.4 Å². The molecule has 32 heavy (non-hydrogen) atoms. The van der Waals surface area contributed by atoms with Crippen LogP contribution in [0.1, 0.15) is 26.5 Å². The van der Waals surface area contributed by atoms with Gasteiger partial charge in [-0.1, -0.05) is 5.16 Å². The smallest absolute Gasteiger partial charge is 0.259 e. The molecule has 164 valence electrons. The van der Waals surface area contributed by atoms with Crippen LogP contribution in [0, 0.1) is 13.8 Å². The van der Waals surface area contributed by atoms with Crippen LogP contribution >= 0.6 is 11.3 Å². The summed E-state index contributed by atoms with van der Waals surface area (Å²) in [5.74, 6) is 0.708. The number of hydrogen-bond acceptors (Lipinski definition) is 8. The maximum atomic E-state index is 13.2. The molecule has 0 bridgehead atoms. The van der Waals surface area contributed by atoms with Crippen molar-refractivity contribution in [3.63, 3.8) is 0 Å². The van der Waals surface area contributed by atoms with Crippen LogP contribution in [0.3, 0.4) is 0 Å². The normalized spacial score (nSPS) is 14.1. The van der Waals surface area contributed by atoms with Crippen molar-refractivity contribution in [2.75, 3.05) is 31.2 Å². The number of morpholine rings is 1. The van der Waals surface area contributed by atoms with Crippen LogP contribution in [0.5, 0.6) is 0 Å². The Hall–Kier alpha value is -3.30. The third-order valence-electron chi connectivity index (χ3n) is 5.45. The predicted octanol–water partition coefficient (Wildman–Crippen LogP) is 3.73. The number of nitrogens with zero attached hydrogens (tertiary/aromatic N) is 4. The minimum Gasteiger partial charge on any atom is -0.378 e. The summed E-state index contributed by atoms with van der Waals surface area (Å²) in [4.78, 5) is 26.6. The summed E-state index contributed by atoms with van der Waals surface area (Å²) >= 11 is 1.63. The van der Waals surface area contributed by atoms with Crippen molar-refractivity contribution in [3.8, 4) is 10.6 Å². The summed E-state index contributed by atoms with van der Waals surface area (Å²) in [7, 11) is 0. The second-order valence-corrected chi connectivity index (χ2v) is 9.01. The van der Waals surface area contributed by atoms with E-state index < -0.39 is 0 Å². The standard InChI is InChI=1S/C23H23N5O3S/c1-14-3-4-19(32-14)18-12-17(21-15(2)27-31-23(21)26-18)22(29)25-13-16-5-6-24-20(11-16)28-7-9-30-10-8-28/h3-6,11-12H,7-10,13H2,1-2H3,(H,25,29). The number of pyridine rings is 2. The number of nitrogens with one attached hydrogen (secondary N) is 1. The Balaban J connectivity index is 1.40. The third-order valence-corrected chi connectivity index (χ3v) is 6.48. The maximum Gasteiger partial charge on any atom is 0.259 e. The minimum absolute atomic E-state index is 0.192. The van der Waals surface area contributed by atoms with Crippen LogP contribution in [-0.2, 0) is 11.3 Å². The molecule has 1 fully saturated rings. The Bertz CT molecular complexity index is 1280. The molecule has 0 atom stereocenters. The molecule has 0 aliphatic carbocycles. The van der Waals surface area contributed by atoms with Gasteiger partial charge in [-0.05, 0) is 49.7 Å². The van der Waals surface area contributed by atoms with Crippen molar-refractivity contribution in [2.45, 2.75) is 20.4 Å². The molecule has 0 aromatic carbocycles. The molecule has 1 saturated heterocycles. The number of aryl methyl sites for hydroxylation is 2. The third kappa shape index (κ3) is 4.09. The lowest BCUT2D eigenvalue weighted by Crippen LogP contribution is -2.36. The zero-order valence-corrected chi connectivity index (χ0v) is 18.7. The van der Waals surface area contributed by atoms with Gasteiger partial charge in [-0.25, -0.2) is 9.97 Å². The summed E-state index contributed by atoms with van der Waals surface area (Å²) in [6, 6.07) is 9.78. The minimum atomic E-state index is -0.192. The Morgan fingerprint density at radius 1 is 1.19 bits per heavy atom. The first-order chi connectivity index (χ1) is 15.6. The number of aromatic nitrogens is 3. The Labute approximate surface area is 189 Å².